The summed E-state index contributed by atoms with van der Waals surface area (Å²) in [6.07, 6.45) is 4.08. The lowest BCUT2D eigenvalue weighted by Gasteiger charge is -2.31. The van der Waals surface area contributed by atoms with E-state index in [1.165, 1.54) is 0 Å². The Kier molecular flexibility index (Phi) is 3.24. The molecular formula is C15H18N4. The third-order valence-corrected chi connectivity index (χ3v) is 3.72. The molecule has 0 unspecified atom stereocenters. The van der Waals surface area contributed by atoms with Crippen LogP contribution in [0, 0.1) is 11.3 Å². The van der Waals surface area contributed by atoms with Gasteiger partial charge in [0.25, 0.3) is 0 Å². The van der Waals surface area contributed by atoms with Gasteiger partial charge in [0, 0.05) is 50.2 Å². The van der Waals surface area contributed by atoms with Crippen LogP contribution in [-0.2, 0) is 6.54 Å². The van der Waals surface area contributed by atoms with E-state index in [1.807, 2.05) is 28.8 Å². The first-order valence-electron chi connectivity index (χ1n) is 6.72. The number of hydrogen-bond donors (Lipinski definition) is 1. The highest BCUT2D eigenvalue weighted by Crippen LogP contribution is 2.19. The Morgan fingerprint density at radius 2 is 2.37 bits per heavy atom. The van der Waals surface area contributed by atoms with Gasteiger partial charge in [-0.15, -0.1) is 0 Å². The topological polar surface area (TPSA) is 43.5 Å². The molecule has 3 heterocycles. The highest BCUT2D eigenvalue weighted by atomic mass is 15.2. The van der Waals surface area contributed by atoms with Crippen molar-refractivity contribution in [3.63, 3.8) is 0 Å². The molecule has 0 amide bonds. The van der Waals surface area contributed by atoms with Crippen LogP contribution in [0.2, 0.25) is 0 Å². The van der Waals surface area contributed by atoms with Gasteiger partial charge in [0.2, 0.25) is 0 Å². The Balaban J connectivity index is 1.90. The third-order valence-electron chi connectivity index (χ3n) is 3.72. The number of rotatable bonds is 2. The average molecular weight is 254 g/mol. The van der Waals surface area contributed by atoms with E-state index in [9.17, 15) is 5.26 Å². The fraction of sp³-hybridized carbons (Fsp3) is 0.400. The first-order chi connectivity index (χ1) is 9.28. The van der Waals surface area contributed by atoms with Crippen molar-refractivity contribution in [3.8, 4) is 6.07 Å². The second-order valence-electron chi connectivity index (χ2n) is 5.22. The highest BCUT2D eigenvalue weighted by Gasteiger charge is 2.18. The van der Waals surface area contributed by atoms with Crippen LogP contribution in [0.1, 0.15) is 18.1 Å². The number of piperazine rings is 1. The van der Waals surface area contributed by atoms with Gasteiger partial charge in [0.1, 0.15) is 6.07 Å². The highest BCUT2D eigenvalue weighted by molar-refractivity contribution is 5.65. The molecule has 1 saturated heterocycles. The lowest BCUT2D eigenvalue weighted by Crippen LogP contribution is -2.48. The summed E-state index contributed by atoms with van der Waals surface area (Å²) in [7, 11) is 0. The Bertz CT molecular complexity index is 623. The molecule has 98 valence electrons. The molecule has 1 atom stereocenters. The van der Waals surface area contributed by atoms with Crippen LogP contribution in [0.4, 0.5) is 0 Å². The number of pyridine rings is 1. The maximum Gasteiger partial charge on any atom is 0.102 e. The van der Waals surface area contributed by atoms with E-state index in [0.717, 1.165) is 42.8 Å². The summed E-state index contributed by atoms with van der Waals surface area (Å²) in [6, 6.07) is 8.85. The van der Waals surface area contributed by atoms with Crippen molar-refractivity contribution in [1.29, 1.82) is 5.26 Å². The van der Waals surface area contributed by atoms with Crippen molar-refractivity contribution >= 4 is 5.52 Å². The smallest absolute Gasteiger partial charge is 0.102 e. The average Bonchev–Trinajstić information content (AvgIpc) is 2.75. The molecule has 1 aliphatic heterocycles. The Labute approximate surface area is 113 Å². The molecule has 1 aliphatic rings. The number of aromatic nitrogens is 1. The van der Waals surface area contributed by atoms with Crippen molar-refractivity contribution in [2.24, 2.45) is 0 Å². The first kappa shape index (κ1) is 12.2. The zero-order chi connectivity index (χ0) is 13.2. The SMILES string of the molecule is C[C@@H]1CN(Cc2cn3ccccc3c2C#N)CCN1. The van der Waals surface area contributed by atoms with Crippen LogP contribution >= 0.6 is 0 Å². The minimum Gasteiger partial charge on any atom is -0.322 e. The van der Waals surface area contributed by atoms with Crippen molar-refractivity contribution in [2.45, 2.75) is 19.5 Å². The summed E-state index contributed by atoms with van der Waals surface area (Å²) in [5.74, 6) is 0. The van der Waals surface area contributed by atoms with E-state index in [-0.39, 0.29) is 0 Å². The molecule has 3 rings (SSSR count). The van der Waals surface area contributed by atoms with Crippen LogP contribution in [0.15, 0.2) is 30.6 Å². The molecule has 4 heteroatoms. The first-order valence-corrected chi connectivity index (χ1v) is 6.72. The minimum absolute atomic E-state index is 0.524. The summed E-state index contributed by atoms with van der Waals surface area (Å²) in [4.78, 5) is 2.41. The van der Waals surface area contributed by atoms with Crippen LogP contribution in [0.5, 0.6) is 0 Å². The summed E-state index contributed by atoms with van der Waals surface area (Å²) >= 11 is 0. The van der Waals surface area contributed by atoms with Gasteiger partial charge in [-0.05, 0) is 19.1 Å². The van der Waals surface area contributed by atoms with Gasteiger partial charge >= 0.3 is 0 Å². The van der Waals surface area contributed by atoms with E-state index >= 15 is 0 Å². The van der Waals surface area contributed by atoms with Gasteiger partial charge in [0.05, 0.1) is 11.1 Å². The lowest BCUT2D eigenvalue weighted by molar-refractivity contribution is 0.199. The standard InChI is InChI=1S/C15H18N4/c1-12-9-18(7-5-17-12)10-13-11-19-6-3-2-4-15(19)14(13)8-16/h2-4,6,11-12,17H,5,7,9-10H2,1H3/t12-/m1/s1. The zero-order valence-electron chi connectivity index (χ0n) is 11.1. The van der Waals surface area contributed by atoms with Crippen LogP contribution in [0.25, 0.3) is 5.52 Å². The maximum atomic E-state index is 9.39. The summed E-state index contributed by atoms with van der Waals surface area (Å²) in [6.45, 7) is 6.17. The van der Waals surface area contributed by atoms with Crippen molar-refractivity contribution in [2.75, 3.05) is 19.6 Å². The molecule has 1 N–H and O–H groups in total. The molecule has 0 bridgehead atoms. The fourth-order valence-corrected chi connectivity index (χ4v) is 2.82. The van der Waals surface area contributed by atoms with Gasteiger partial charge in [-0.1, -0.05) is 6.07 Å². The van der Waals surface area contributed by atoms with Gasteiger partial charge in [-0.25, -0.2) is 0 Å². The van der Waals surface area contributed by atoms with E-state index in [0.29, 0.717) is 6.04 Å². The van der Waals surface area contributed by atoms with Gasteiger partial charge in [0.15, 0.2) is 0 Å². The molecule has 19 heavy (non-hydrogen) atoms. The van der Waals surface area contributed by atoms with Gasteiger partial charge in [-0.3, -0.25) is 4.90 Å². The molecular weight excluding hydrogens is 236 g/mol. The van der Waals surface area contributed by atoms with Gasteiger partial charge in [-0.2, -0.15) is 5.26 Å². The largest absolute Gasteiger partial charge is 0.322 e. The number of fused-ring (bicyclic) bond motifs is 1. The van der Waals surface area contributed by atoms with E-state index in [2.05, 4.69) is 29.4 Å². The molecule has 0 radical (unpaired) electrons. The second kappa shape index (κ2) is 5.04. The molecule has 0 aromatic carbocycles. The predicted molar refractivity (Wildman–Crippen MR) is 74.9 cm³/mol. The second-order valence-corrected chi connectivity index (χ2v) is 5.22. The Morgan fingerprint density at radius 1 is 1.47 bits per heavy atom. The lowest BCUT2D eigenvalue weighted by atomic mass is 10.1. The summed E-state index contributed by atoms with van der Waals surface area (Å²) in [5, 5.41) is 12.8. The van der Waals surface area contributed by atoms with Crippen LogP contribution in [-0.4, -0.2) is 35.0 Å². The molecule has 4 nitrogen and oxygen atoms in total. The van der Waals surface area contributed by atoms with Crippen molar-refractivity contribution < 1.29 is 0 Å². The number of nitrogens with one attached hydrogen (secondary N) is 1. The van der Waals surface area contributed by atoms with Gasteiger partial charge < -0.3 is 9.72 Å². The Hall–Kier alpha value is -1.83. The number of hydrogen-bond acceptors (Lipinski definition) is 3. The molecule has 1 fully saturated rings. The monoisotopic (exact) mass is 254 g/mol. The summed E-state index contributed by atoms with van der Waals surface area (Å²) < 4.78 is 2.04. The zero-order valence-corrected chi connectivity index (χ0v) is 11.1. The van der Waals surface area contributed by atoms with Crippen molar-refractivity contribution in [3.05, 3.63) is 41.7 Å². The number of nitriles is 1. The molecule has 0 saturated carbocycles. The van der Waals surface area contributed by atoms with E-state index < -0.39 is 0 Å². The summed E-state index contributed by atoms with van der Waals surface area (Å²) in [5.41, 5.74) is 2.94. The molecule has 0 aliphatic carbocycles. The van der Waals surface area contributed by atoms with Crippen molar-refractivity contribution in [1.82, 2.24) is 14.6 Å². The normalized spacial score (nSPS) is 20.5. The van der Waals surface area contributed by atoms with E-state index in [1.54, 1.807) is 0 Å². The van der Waals surface area contributed by atoms with Crippen LogP contribution < -0.4 is 5.32 Å². The Morgan fingerprint density at radius 3 is 3.16 bits per heavy atom. The maximum absolute atomic E-state index is 9.39. The molecule has 2 aromatic rings. The predicted octanol–water partition coefficient (Wildman–Crippen LogP) is 1.60. The quantitative estimate of drug-likeness (QED) is 0.885. The van der Waals surface area contributed by atoms with E-state index in [4.69, 9.17) is 0 Å². The molecule has 0 spiro atoms. The third kappa shape index (κ3) is 2.35. The fourth-order valence-electron chi connectivity index (χ4n) is 2.82. The number of nitrogens with zero attached hydrogens (tertiary/aromatic N) is 3. The minimum atomic E-state index is 0.524. The molecule has 2 aromatic heterocycles. The van der Waals surface area contributed by atoms with Crippen LogP contribution in [0.3, 0.4) is 0 Å².